The highest BCUT2D eigenvalue weighted by Gasteiger charge is 2.12. The van der Waals surface area contributed by atoms with E-state index in [1.54, 1.807) is 12.1 Å². The third kappa shape index (κ3) is 3.10. The summed E-state index contributed by atoms with van der Waals surface area (Å²) in [7, 11) is 0. The number of carbonyl (C=O) groups excluding carboxylic acids is 1. The maximum absolute atomic E-state index is 12.0. The molecule has 0 aliphatic carbocycles. The molecule has 3 nitrogen and oxygen atoms in total. The average Bonchev–Trinajstić information content (AvgIpc) is 2.34. The zero-order valence-corrected chi connectivity index (χ0v) is 12.9. The summed E-state index contributed by atoms with van der Waals surface area (Å²) in [5.74, 6) is -0.299. The van der Waals surface area contributed by atoms with Gasteiger partial charge in [0.15, 0.2) is 0 Å². The molecule has 0 unspecified atom stereocenters. The van der Waals surface area contributed by atoms with Gasteiger partial charge in [-0.3, -0.25) is 9.78 Å². The molecule has 0 fully saturated rings. The average molecular weight is 390 g/mol. The standard InChI is InChI=1S/C12H7Br2ClN2O/c13-7-1-2-9(14)11(5-7)17-12(18)8-6-16-4-3-10(8)15/h1-6H,(H,17,18). The number of hydrogen-bond acceptors (Lipinski definition) is 2. The molecule has 0 radical (unpaired) electrons. The minimum absolute atomic E-state index is 0.299. The number of pyridine rings is 1. The summed E-state index contributed by atoms with van der Waals surface area (Å²) in [5.41, 5.74) is 1.00. The molecular formula is C12H7Br2ClN2O. The number of carbonyl (C=O) groups is 1. The molecule has 0 aliphatic rings. The van der Waals surface area contributed by atoms with Gasteiger partial charge in [0.1, 0.15) is 0 Å². The molecule has 2 rings (SSSR count). The van der Waals surface area contributed by atoms with Gasteiger partial charge in [0.05, 0.1) is 16.3 Å². The lowest BCUT2D eigenvalue weighted by atomic mass is 10.2. The van der Waals surface area contributed by atoms with Gasteiger partial charge in [-0.25, -0.2) is 0 Å². The van der Waals surface area contributed by atoms with Gasteiger partial charge in [0, 0.05) is 21.3 Å². The fourth-order valence-electron chi connectivity index (χ4n) is 1.33. The summed E-state index contributed by atoms with van der Waals surface area (Å²) in [6.45, 7) is 0. The van der Waals surface area contributed by atoms with Crippen molar-refractivity contribution < 1.29 is 4.79 Å². The van der Waals surface area contributed by atoms with Crippen LogP contribution in [0.4, 0.5) is 5.69 Å². The first-order valence-corrected chi connectivity index (χ1v) is 6.90. The van der Waals surface area contributed by atoms with Crippen LogP contribution in [0.15, 0.2) is 45.6 Å². The lowest BCUT2D eigenvalue weighted by Crippen LogP contribution is -2.13. The van der Waals surface area contributed by atoms with E-state index in [4.69, 9.17) is 11.6 Å². The summed E-state index contributed by atoms with van der Waals surface area (Å²) in [6.07, 6.45) is 2.97. The van der Waals surface area contributed by atoms with Gasteiger partial charge in [-0.1, -0.05) is 27.5 Å². The van der Waals surface area contributed by atoms with Crippen LogP contribution in [0.2, 0.25) is 5.02 Å². The van der Waals surface area contributed by atoms with Crippen LogP contribution >= 0.6 is 43.5 Å². The highest BCUT2D eigenvalue weighted by molar-refractivity contribution is 9.11. The number of halogens is 3. The van der Waals surface area contributed by atoms with Crippen molar-refractivity contribution in [1.29, 1.82) is 0 Å². The van der Waals surface area contributed by atoms with Gasteiger partial charge in [-0.05, 0) is 40.2 Å². The lowest BCUT2D eigenvalue weighted by Gasteiger charge is -2.08. The minimum atomic E-state index is -0.299. The minimum Gasteiger partial charge on any atom is -0.321 e. The Hall–Kier alpha value is -0.910. The molecule has 1 aromatic heterocycles. The normalized spacial score (nSPS) is 10.2. The van der Waals surface area contributed by atoms with E-state index >= 15 is 0 Å². The van der Waals surface area contributed by atoms with Crippen molar-refractivity contribution >= 4 is 55.1 Å². The van der Waals surface area contributed by atoms with E-state index in [1.807, 2.05) is 12.1 Å². The number of anilines is 1. The zero-order chi connectivity index (χ0) is 13.1. The molecule has 0 spiro atoms. The van der Waals surface area contributed by atoms with Crippen LogP contribution < -0.4 is 5.32 Å². The summed E-state index contributed by atoms with van der Waals surface area (Å²) in [4.78, 5) is 15.9. The van der Waals surface area contributed by atoms with E-state index in [0.717, 1.165) is 8.95 Å². The third-order valence-corrected chi connectivity index (χ3v) is 3.70. The van der Waals surface area contributed by atoms with Crippen molar-refractivity contribution in [2.45, 2.75) is 0 Å². The fraction of sp³-hybridized carbons (Fsp3) is 0. The van der Waals surface area contributed by atoms with Gasteiger partial charge in [0.25, 0.3) is 5.91 Å². The third-order valence-electron chi connectivity index (χ3n) is 2.19. The summed E-state index contributed by atoms with van der Waals surface area (Å²) in [6, 6.07) is 7.08. The maximum Gasteiger partial charge on any atom is 0.258 e. The van der Waals surface area contributed by atoms with Crippen molar-refractivity contribution in [2.75, 3.05) is 5.32 Å². The number of nitrogens with zero attached hydrogens (tertiary/aromatic N) is 1. The van der Waals surface area contributed by atoms with E-state index in [-0.39, 0.29) is 5.91 Å². The Morgan fingerprint density at radius 3 is 2.78 bits per heavy atom. The number of benzene rings is 1. The number of aromatic nitrogens is 1. The van der Waals surface area contributed by atoms with E-state index in [2.05, 4.69) is 42.2 Å². The number of amides is 1. The number of nitrogens with one attached hydrogen (secondary N) is 1. The molecule has 0 bridgehead atoms. The molecule has 18 heavy (non-hydrogen) atoms. The van der Waals surface area contributed by atoms with Gasteiger partial charge in [0.2, 0.25) is 0 Å². The summed E-state index contributed by atoms with van der Waals surface area (Å²) < 4.78 is 1.66. The van der Waals surface area contributed by atoms with Crippen LogP contribution in [-0.4, -0.2) is 10.9 Å². The highest BCUT2D eigenvalue weighted by Crippen LogP contribution is 2.27. The molecule has 92 valence electrons. The monoisotopic (exact) mass is 388 g/mol. The first kappa shape index (κ1) is 13.5. The van der Waals surface area contributed by atoms with Crippen molar-refractivity contribution in [3.63, 3.8) is 0 Å². The van der Waals surface area contributed by atoms with Crippen LogP contribution in [0.1, 0.15) is 10.4 Å². The molecule has 2 aromatic rings. The molecule has 0 saturated heterocycles. The van der Waals surface area contributed by atoms with Crippen LogP contribution in [-0.2, 0) is 0 Å². The Labute approximate surface area is 126 Å². The van der Waals surface area contributed by atoms with Crippen LogP contribution in [0, 0.1) is 0 Å². The molecule has 0 saturated carbocycles. The van der Waals surface area contributed by atoms with Crippen molar-refractivity contribution in [1.82, 2.24) is 4.98 Å². The predicted molar refractivity (Wildman–Crippen MR) is 79.0 cm³/mol. The first-order valence-electron chi connectivity index (χ1n) is 4.94. The van der Waals surface area contributed by atoms with E-state index < -0.39 is 0 Å². The van der Waals surface area contributed by atoms with E-state index in [9.17, 15) is 4.79 Å². The van der Waals surface area contributed by atoms with E-state index in [0.29, 0.717) is 16.3 Å². The van der Waals surface area contributed by atoms with Gasteiger partial charge in [-0.15, -0.1) is 0 Å². The van der Waals surface area contributed by atoms with Gasteiger partial charge >= 0.3 is 0 Å². The van der Waals surface area contributed by atoms with Gasteiger partial charge < -0.3 is 5.32 Å². The topological polar surface area (TPSA) is 42.0 Å². The Morgan fingerprint density at radius 2 is 2.06 bits per heavy atom. The van der Waals surface area contributed by atoms with Crippen molar-refractivity contribution in [3.05, 3.63) is 56.2 Å². The zero-order valence-electron chi connectivity index (χ0n) is 8.95. The second-order valence-electron chi connectivity index (χ2n) is 3.43. The molecule has 1 amide bonds. The maximum atomic E-state index is 12.0. The Balaban J connectivity index is 2.27. The van der Waals surface area contributed by atoms with Crippen LogP contribution in [0.25, 0.3) is 0 Å². The number of hydrogen-bond donors (Lipinski definition) is 1. The van der Waals surface area contributed by atoms with Crippen molar-refractivity contribution in [3.8, 4) is 0 Å². The van der Waals surface area contributed by atoms with Crippen LogP contribution in [0.3, 0.4) is 0 Å². The first-order chi connectivity index (χ1) is 8.58. The second-order valence-corrected chi connectivity index (χ2v) is 5.61. The Bertz CT molecular complexity index is 604. The summed E-state index contributed by atoms with van der Waals surface area (Å²) in [5, 5.41) is 3.14. The predicted octanol–water partition coefficient (Wildman–Crippen LogP) is 4.51. The number of rotatable bonds is 2. The molecule has 1 heterocycles. The molecule has 1 aromatic carbocycles. The summed E-state index contributed by atoms with van der Waals surface area (Å²) >= 11 is 12.6. The second kappa shape index (κ2) is 5.82. The van der Waals surface area contributed by atoms with E-state index in [1.165, 1.54) is 12.4 Å². The van der Waals surface area contributed by atoms with Crippen molar-refractivity contribution in [2.24, 2.45) is 0 Å². The molecule has 6 heteroatoms. The molecule has 1 N–H and O–H groups in total. The van der Waals surface area contributed by atoms with Crippen LogP contribution in [0.5, 0.6) is 0 Å². The fourth-order valence-corrected chi connectivity index (χ4v) is 2.23. The Kier molecular flexibility index (Phi) is 4.37. The lowest BCUT2D eigenvalue weighted by molar-refractivity contribution is 0.102. The Morgan fingerprint density at radius 1 is 1.28 bits per heavy atom. The largest absolute Gasteiger partial charge is 0.321 e. The molecular weight excluding hydrogens is 383 g/mol. The molecule has 0 atom stereocenters. The smallest absolute Gasteiger partial charge is 0.258 e. The van der Waals surface area contributed by atoms with Gasteiger partial charge in [-0.2, -0.15) is 0 Å². The highest BCUT2D eigenvalue weighted by atomic mass is 79.9. The SMILES string of the molecule is O=C(Nc1cc(Br)ccc1Br)c1cnccc1Cl. The molecule has 0 aliphatic heterocycles. The quantitative estimate of drug-likeness (QED) is 0.820.